The summed E-state index contributed by atoms with van der Waals surface area (Å²) in [6, 6.07) is 24.8. The van der Waals surface area contributed by atoms with Crippen LogP contribution in [-0.4, -0.2) is 9.97 Å². The SMILES string of the molecule is Brc1cccc(-c2ccccc2-c2ncnc3ccccc23)c1. The molecule has 0 bridgehead atoms. The van der Waals surface area contributed by atoms with Gasteiger partial charge in [-0.05, 0) is 29.3 Å². The predicted molar refractivity (Wildman–Crippen MR) is 98.1 cm³/mol. The van der Waals surface area contributed by atoms with Crippen molar-refractivity contribution in [2.75, 3.05) is 0 Å². The minimum absolute atomic E-state index is 0.960. The zero-order valence-corrected chi connectivity index (χ0v) is 13.9. The molecule has 3 aromatic carbocycles. The normalized spacial score (nSPS) is 10.8. The first-order valence-corrected chi connectivity index (χ1v) is 8.17. The number of benzene rings is 3. The van der Waals surface area contributed by atoms with Gasteiger partial charge in [0.1, 0.15) is 6.33 Å². The van der Waals surface area contributed by atoms with Crippen molar-refractivity contribution in [3.63, 3.8) is 0 Å². The average Bonchev–Trinajstić information content (AvgIpc) is 2.61. The number of halogens is 1. The zero-order chi connectivity index (χ0) is 15.6. The summed E-state index contributed by atoms with van der Waals surface area (Å²) in [5.74, 6) is 0. The van der Waals surface area contributed by atoms with Crippen molar-refractivity contribution >= 4 is 26.8 Å². The molecule has 0 fully saturated rings. The van der Waals surface area contributed by atoms with Gasteiger partial charge in [0.05, 0.1) is 11.2 Å². The van der Waals surface area contributed by atoms with Gasteiger partial charge in [0, 0.05) is 15.4 Å². The maximum absolute atomic E-state index is 4.56. The molecule has 0 saturated carbocycles. The molecule has 0 aliphatic rings. The molecule has 0 aliphatic carbocycles. The van der Waals surface area contributed by atoms with Crippen LogP contribution in [0.25, 0.3) is 33.3 Å². The van der Waals surface area contributed by atoms with Crippen LogP contribution in [0.2, 0.25) is 0 Å². The van der Waals surface area contributed by atoms with Gasteiger partial charge >= 0.3 is 0 Å². The van der Waals surface area contributed by atoms with E-state index in [-0.39, 0.29) is 0 Å². The molecule has 0 N–H and O–H groups in total. The number of fused-ring (bicyclic) bond motifs is 1. The third-order valence-corrected chi connectivity index (χ3v) is 4.35. The Morgan fingerprint density at radius 2 is 1.48 bits per heavy atom. The zero-order valence-electron chi connectivity index (χ0n) is 12.3. The van der Waals surface area contributed by atoms with Crippen molar-refractivity contribution < 1.29 is 0 Å². The summed E-state index contributed by atoms with van der Waals surface area (Å²) >= 11 is 3.55. The highest BCUT2D eigenvalue weighted by Crippen LogP contribution is 2.34. The predicted octanol–water partition coefficient (Wildman–Crippen LogP) is 5.73. The summed E-state index contributed by atoms with van der Waals surface area (Å²) in [5.41, 5.74) is 5.37. The van der Waals surface area contributed by atoms with Crippen LogP contribution in [0.15, 0.2) is 83.6 Å². The highest BCUT2D eigenvalue weighted by molar-refractivity contribution is 9.10. The molecule has 110 valence electrons. The largest absolute Gasteiger partial charge is 0.236 e. The van der Waals surface area contributed by atoms with E-state index in [0.29, 0.717) is 0 Å². The molecule has 0 spiro atoms. The smallest absolute Gasteiger partial charge is 0.116 e. The highest BCUT2D eigenvalue weighted by atomic mass is 79.9. The summed E-state index contributed by atoms with van der Waals surface area (Å²) in [6.07, 6.45) is 1.63. The van der Waals surface area contributed by atoms with E-state index in [4.69, 9.17) is 0 Å². The quantitative estimate of drug-likeness (QED) is 0.456. The summed E-state index contributed by atoms with van der Waals surface area (Å²) in [7, 11) is 0. The molecule has 4 aromatic rings. The van der Waals surface area contributed by atoms with E-state index in [2.05, 4.69) is 62.3 Å². The summed E-state index contributed by atoms with van der Waals surface area (Å²) in [6.45, 7) is 0. The van der Waals surface area contributed by atoms with E-state index < -0.39 is 0 Å². The van der Waals surface area contributed by atoms with E-state index in [1.54, 1.807) is 6.33 Å². The van der Waals surface area contributed by atoms with Crippen LogP contribution in [0.1, 0.15) is 0 Å². The lowest BCUT2D eigenvalue weighted by molar-refractivity contribution is 1.22. The fourth-order valence-electron chi connectivity index (χ4n) is 2.82. The Balaban J connectivity index is 2.00. The van der Waals surface area contributed by atoms with E-state index in [9.17, 15) is 0 Å². The van der Waals surface area contributed by atoms with Crippen molar-refractivity contribution in [1.29, 1.82) is 0 Å². The molecule has 3 heteroatoms. The Morgan fingerprint density at radius 1 is 0.696 bits per heavy atom. The second-order valence-corrected chi connectivity index (χ2v) is 6.21. The Morgan fingerprint density at radius 3 is 2.35 bits per heavy atom. The summed E-state index contributed by atoms with van der Waals surface area (Å²) < 4.78 is 1.07. The average molecular weight is 361 g/mol. The van der Waals surface area contributed by atoms with Gasteiger partial charge in [0.2, 0.25) is 0 Å². The topological polar surface area (TPSA) is 25.8 Å². The number of hydrogen-bond acceptors (Lipinski definition) is 2. The van der Waals surface area contributed by atoms with Crippen molar-refractivity contribution in [1.82, 2.24) is 9.97 Å². The molecule has 1 heterocycles. The lowest BCUT2D eigenvalue weighted by Gasteiger charge is -2.11. The number of rotatable bonds is 2. The number of para-hydroxylation sites is 1. The first kappa shape index (κ1) is 14.1. The third kappa shape index (κ3) is 2.64. The van der Waals surface area contributed by atoms with Gasteiger partial charge in [-0.2, -0.15) is 0 Å². The maximum Gasteiger partial charge on any atom is 0.116 e. The molecule has 0 saturated heterocycles. The Kier molecular flexibility index (Phi) is 3.64. The first-order chi connectivity index (χ1) is 11.3. The Hall–Kier alpha value is -2.52. The first-order valence-electron chi connectivity index (χ1n) is 7.38. The Labute approximate surface area is 143 Å². The molecule has 1 aromatic heterocycles. The van der Waals surface area contributed by atoms with Crippen molar-refractivity contribution in [2.45, 2.75) is 0 Å². The molecule has 4 rings (SSSR count). The van der Waals surface area contributed by atoms with Crippen LogP contribution in [-0.2, 0) is 0 Å². The Bertz CT molecular complexity index is 990. The molecule has 23 heavy (non-hydrogen) atoms. The number of hydrogen-bond donors (Lipinski definition) is 0. The minimum atomic E-state index is 0.960. The summed E-state index contributed by atoms with van der Waals surface area (Å²) in [5, 5.41) is 1.07. The van der Waals surface area contributed by atoms with Crippen molar-refractivity contribution in [2.24, 2.45) is 0 Å². The van der Waals surface area contributed by atoms with Gasteiger partial charge < -0.3 is 0 Å². The molecule has 0 radical (unpaired) electrons. The van der Waals surface area contributed by atoms with Gasteiger partial charge in [0.15, 0.2) is 0 Å². The van der Waals surface area contributed by atoms with Gasteiger partial charge in [0.25, 0.3) is 0 Å². The molecule has 0 amide bonds. The van der Waals surface area contributed by atoms with Crippen LogP contribution in [0.3, 0.4) is 0 Å². The fourth-order valence-corrected chi connectivity index (χ4v) is 3.22. The van der Waals surface area contributed by atoms with Crippen LogP contribution < -0.4 is 0 Å². The van der Waals surface area contributed by atoms with Gasteiger partial charge in [-0.15, -0.1) is 0 Å². The van der Waals surface area contributed by atoms with Gasteiger partial charge in [-0.1, -0.05) is 70.5 Å². The standard InChI is InChI=1S/C20H13BrN2/c21-15-7-5-6-14(12-15)16-8-1-2-9-17(16)20-18-10-3-4-11-19(18)22-13-23-20/h1-13H. The monoisotopic (exact) mass is 360 g/mol. The van der Waals surface area contributed by atoms with Gasteiger partial charge in [-0.25, -0.2) is 9.97 Å². The van der Waals surface area contributed by atoms with Crippen molar-refractivity contribution in [3.8, 4) is 22.4 Å². The second-order valence-electron chi connectivity index (χ2n) is 5.30. The highest BCUT2D eigenvalue weighted by Gasteiger charge is 2.11. The van der Waals surface area contributed by atoms with E-state index in [1.807, 2.05) is 36.4 Å². The van der Waals surface area contributed by atoms with Crippen LogP contribution in [0.4, 0.5) is 0 Å². The fraction of sp³-hybridized carbons (Fsp3) is 0. The minimum Gasteiger partial charge on any atom is -0.236 e. The van der Waals surface area contributed by atoms with Crippen LogP contribution in [0, 0.1) is 0 Å². The molecular formula is C20H13BrN2. The van der Waals surface area contributed by atoms with Crippen molar-refractivity contribution in [3.05, 3.63) is 83.6 Å². The maximum atomic E-state index is 4.56. The van der Waals surface area contributed by atoms with E-state index in [1.165, 1.54) is 0 Å². The molecule has 0 aliphatic heterocycles. The van der Waals surface area contributed by atoms with Crippen LogP contribution >= 0.6 is 15.9 Å². The second kappa shape index (κ2) is 5.94. The third-order valence-electron chi connectivity index (χ3n) is 3.86. The van der Waals surface area contributed by atoms with Crippen LogP contribution in [0.5, 0.6) is 0 Å². The number of aromatic nitrogens is 2. The summed E-state index contributed by atoms with van der Waals surface area (Å²) in [4.78, 5) is 8.93. The lowest BCUT2D eigenvalue weighted by atomic mass is 9.96. The molecule has 2 nitrogen and oxygen atoms in total. The molecular weight excluding hydrogens is 348 g/mol. The van der Waals surface area contributed by atoms with E-state index in [0.717, 1.165) is 37.8 Å². The number of nitrogens with zero attached hydrogens (tertiary/aromatic N) is 2. The lowest BCUT2D eigenvalue weighted by Crippen LogP contribution is -1.91. The molecule has 0 atom stereocenters. The van der Waals surface area contributed by atoms with E-state index >= 15 is 0 Å². The molecule has 0 unspecified atom stereocenters. The van der Waals surface area contributed by atoms with Gasteiger partial charge in [-0.3, -0.25) is 0 Å².